The van der Waals surface area contributed by atoms with Gasteiger partial charge in [0, 0.05) is 25.4 Å². The molecule has 2 aromatic carbocycles. The number of nitrogens with zero attached hydrogens (tertiary/aromatic N) is 3. The smallest absolute Gasteiger partial charge is 0.226 e. The van der Waals surface area contributed by atoms with Gasteiger partial charge in [-0.05, 0) is 36.1 Å². The van der Waals surface area contributed by atoms with Crippen molar-refractivity contribution in [1.82, 2.24) is 15.1 Å². The van der Waals surface area contributed by atoms with Crippen LogP contribution >= 0.6 is 11.3 Å². The van der Waals surface area contributed by atoms with Gasteiger partial charge in [-0.1, -0.05) is 42.5 Å². The molecule has 2 heterocycles. The molecule has 0 unspecified atom stereocenters. The summed E-state index contributed by atoms with van der Waals surface area (Å²) in [6, 6.07) is 18.0. The predicted molar refractivity (Wildman–Crippen MR) is 114 cm³/mol. The Bertz CT molecular complexity index is 932. The molecule has 1 aliphatic heterocycles. The quantitative estimate of drug-likeness (QED) is 0.618. The number of piperidine rings is 1. The molecule has 3 aromatic rings. The second-order valence-electron chi connectivity index (χ2n) is 7.38. The Hall–Kier alpha value is -2.73. The molecule has 5 nitrogen and oxygen atoms in total. The third kappa shape index (κ3) is 5.01. The maximum absolute atomic E-state index is 12.6. The summed E-state index contributed by atoms with van der Waals surface area (Å²) >= 11 is 1.70. The number of hydrogen-bond acceptors (Lipinski definition) is 5. The minimum Gasteiger partial charge on any atom is -0.497 e. The van der Waals surface area contributed by atoms with Gasteiger partial charge in [0.15, 0.2) is 0 Å². The van der Waals surface area contributed by atoms with Gasteiger partial charge in [0.25, 0.3) is 0 Å². The van der Waals surface area contributed by atoms with Crippen LogP contribution in [0.4, 0.5) is 0 Å². The lowest BCUT2D eigenvalue weighted by Crippen LogP contribution is -2.38. The van der Waals surface area contributed by atoms with E-state index in [9.17, 15) is 4.79 Å². The summed E-state index contributed by atoms with van der Waals surface area (Å²) in [6.45, 7) is 1.59. The van der Waals surface area contributed by atoms with Gasteiger partial charge in [0.2, 0.25) is 5.91 Å². The fourth-order valence-electron chi connectivity index (χ4n) is 3.68. The van der Waals surface area contributed by atoms with Crippen molar-refractivity contribution in [3.05, 3.63) is 75.7 Å². The molecule has 29 heavy (non-hydrogen) atoms. The number of hydrogen-bond donors (Lipinski definition) is 0. The van der Waals surface area contributed by atoms with Crippen LogP contribution in [0.3, 0.4) is 0 Å². The van der Waals surface area contributed by atoms with Gasteiger partial charge in [-0.25, -0.2) is 0 Å². The molecule has 150 valence electrons. The molecular formula is C23H25N3O2S. The number of methoxy groups -OCH3 is 1. The number of likely N-dealkylation sites (tertiary alicyclic amines) is 1. The molecule has 0 spiro atoms. The Balaban J connectivity index is 1.30. The zero-order valence-corrected chi connectivity index (χ0v) is 17.4. The van der Waals surface area contributed by atoms with Gasteiger partial charge in [-0.2, -0.15) is 0 Å². The summed E-state index contributed by atoms with van der Waals surface area (Å²) in [4.78, 5) is 14.5. The highest BCUT2D eigenvalue weighted by atomic mass is 32.1. The van der Waals surface area contributed by atoms with Crippen molar-refractivity contribution < 1.29 is 9.53 Å². The summed E-state index contributed by atoms with van der Waals surface area (Å²) in [5, 5.41) is 11.0. The van der Waals surface area contributed by atoms with Crippen LogP contribution in [0.15, 0.2) is 54.6 Å². The normalized spacial score (nSPS) is 14.7. The molecule has 0 bridgehead atoms. The number of ether oxygens (including phenoxy) is 1. The van der Waals surface area contributed by atoms with Crippen LogP contribution < -0.4 is 4.74 Å². The van der Waals surface area contributed by atoms with E-state index in [-0.39, 0.29) is 5.91 Å². The molecule has 0 N–H and O–H groups in total. The number of carbonyl (C=O) groups excluding carboxylic acids is 1. The molecule has 0 saturated carbocycles. The van der Waals surface area contributed by atoms with E-state index in [2.05, 4.69) is 22.3 Å². The number of aromatic nitrogens is 2. The highest BCUT2D eigenvalue weighted by Gasteiger charge is 2.26. The first-order chi connectivity index (χ1) is 14.2. The van der Waals surface area contributed by atoms with Crippen LogP contribution in [0.5, 0.6) is 5.75 Å². The van der Waals surface area contributed by atoms with Crippen LogP contribution in [0.1, 0.15) is 39.9 Å². The molecule has 0 atom stereocenters. The third-order valence-electron chi connectivity index (χ3n) is 5.39. The predicted octanol–water partition coefficient (Wildman–Crippen LogP) is 4.09. The molecular weight excluding hydrogens is 382 g/mol. The highest BCUT2D eigenvalue weighted by Crippen LogP contribution is 2.31. The first-order valence-electron chi connectivity index (χ1n) is 9.98. The minimum atomic E-state index is 0.215. The van der Waals surface area contributed by atoms with E-state index >= 15 is 0 Å². The Morgan fingerprint density at radius 1 is 1.03 bits per heavy atom. The number of amides is 1. The fourth-order valence-corrected chi connectivity index (χ4v) is 4.73. The van der Waals surface area contributed by atoms with Crippen molar-refractivity contribution in [3.8, 4) is 5.75 Å². The van der Waals surface area contributed by atoms with Gasteiger partial charge in [-0.3, -0.25) is 4.79 Å². The van der Waals surface area contributed by atoms with Crippen molar-refractivity contribution in [2.75, 3.05) is 20.2 Å². The van der Waals surface area contributed by atoms with Crippen LogP contribution in [0.25, 0.3) is 0 Å². The zero-order chi connectivity index (χ0) is 20.1. The standard InChI is InChI=1S/C23H25N3O2S/c1-28-20-9-7-18(8-10-20)15-21-24-25-23(29-21)19-11-13-26(14-12-19)22(27)16-17-5-3-2-4-6-17/h2-10,19H,11-16H2,1H3. The van der Waals surface area contributed by atoms with E-state index in [1.54, 1.807) is 18.4 Å². The molecule has 1 fully saturated rings. The Morgan fingerprint density at radius 2 is 1.76 bits per heavy atom. The maximum atomic E-state index is 12.6. The lowest BCUT2D eigenvalue weighted by atomic mass is 9.97. The van der Waals surface area contributed by atoms with E-state index in [1.807, 2.05) is 47.4 Å². The summed E-state index contributed by atoms with van der Waals surface area (Å²) in [5.41, 5.74) is 2.28. The molecule has 1 amide bonds. The first kappa shape index (κ1) is 19.6. The summed E-state index contributed by atoms with van der Waals surface area (Å²) in [7, 11) is 1.67. The Kier molecular flexibility index (Phi) is 6.20. The van der Waals surface area contributed by atoms with Gasteiger partial charge >= 0.3 is 0 Å². The number of benzene rings is 2. The number of rotatable bonds is 6. The molecule has 0 aliphatic carbocycles. The molecule has 1 aliphatic rings. The van der Waals surface area contributed by atoms with Crippen LogP contribution in [-0.2, 0) is 17.6 Å². The second kappa shape index (κ2) is 9.18. The van der Waals surface area contributed by atoms with Crippen LogP contribution in [0.2, 0.25) is 0 Å². The van der Waals surface area contributed by atoms with E-state index < -0.39 is 0 Å². The summed E-state index contributed by atoms with van der Waals surface area (Å²) < 4.78 is 5.21. The Labute approximate surface area is 175 Å². The molecule has 1 saturated heterocycles. The number of carbonyl (C=O) groups is 1. The summed E-state index contributed by atoms with van der Waals surface area (Å²) in [6.07, 6.45) is 3.18. The molecule has 4 rings (SSSR count). The van der Waals surface area contributed by atoms with Crippen molar-refractivity contribution in [1.29, 1.82) is 0 Å². The van der Waals surface area contributed by atoms with Crippen LogP contribution in [-0.4, -0.2) is 41.2 Å². The average molecular weight is 408 g/mol. The van der Waals surface area contributed by atoms with Crippen molar-refractivity contribution in [2.24, 2.45) is 0 Å². The fraction of sp³-hybridized carbons (Fsp3) is 0.348. The minimum absolute atomic E-state index is 0.215. The lowest BCUT2D eigenvalue weighted by molar-refractivity contribution is -0.131. The van der Waals surface area contributed by atoms with Crippen molar-refractivity contribution >= 4 is 17.2 Å². The average Bonchev–Trinajstić information content (AvgIpc) is 3.23. The molecule has 1 aromatic heterocycles. The van der Waals surface area contributed by atoms with Gasteiger partial charge in [0.05, 0.1) is 13.5 Å². The summed E-state index contributed by atoms with van der Waals surface area (Å²) in [5.74, 6) is 1.48. The van der Waals surface area contributed by atoms with E-state index in [4.69, 9.17) is 4.74 Å². The molecule has 6 heteroatoms. The van der Waals surface area contributed by atoms with Crippen LogP contribution in [0, 0.1) is 0 Å². The maximum Gasteiger partial charge on any atom is 0.226 e. The van der Waals surface area contributed by atoms with Gasteiger partial charge in [0.1, 0.15) is 15.8 Å². The van der Waals surface area contributed by atoms with E-state index in [0.29, 0.717) is 12.3 Å². The monoisotopic (exact) mass is 407 g/mol. The SMILES string of the molecule is COc1ccc(Cc2nnc(C3CCN(C(=O)Cc4ccccc4)CC3)s2)cc1. The van der Waals surface area contributed by atoms with Crippen molar-refractivity contribution in [3.63, 3.8) is 0 Å². The van der Waals surface area contributed by atoms with E-state index in [1.165, 1.54) is 5.56 Å². The first-order valence-corrected chi connectivity index (χ1v) is 10.8. The highest BCUT2D eigenvalue weighted by molar-refractivity contribution is 7.11. The van der Waals surface area contributed by atoms with E-state index in [0.717, 1.165) is 53.7 Å². The molecule has 0 radical (unpaired) electrons. The van der Waals surface area contributed by atoms with Crippen molar-refractivity contribution in [2.45, 2.75) is 31.6 Å². The zero-order valence-electron chi connectivity index (χ0n) is 16.6. The third-order valence-corrected chi connectivity index (χ3v) is 6.48. The van der Waals surface area contributed by atoms with Gasteiger partial charge < -0.3 is 9.64 Å². The lowest BCUT2D eigenvalue weighted by Gasteiger charge is -2.31. The Morgan fingerprint density at radius 3 is 2.45 bits per heavy atom. The van der Waals surface area contributed by atoms with Gasteiger partial charge in [-0.15, -0.1) is 21.5 Å². The topological polar surface area (TPSA) is 55.3 Å². The second-order valence-corrected chi connectivity index (χ2v) is 8.47. The largest absolute Gasteiger partial charge is 0.497 e.